The van der Waals surface area contributed by atoms with Crippen molar-refractivity contribution >= 4 is 17.5 Å². The van der Waals surface area contributed by atoms with Crippen LogP contribution < -0.4 is 15.8 Å². The molecule has 0 saturated carbocycles. The summed E-state index contributed by atoms with van der Waals surface area (Å²) in [6.45, 7) is 4.18. The number of halogens is 3. The summed E-state index contributed by atoms with van der Waals surface area (Å²) >= 11 is 0. The van der Waals surface area contributed by atoms with Crippen molar-refractivity contribution in [3.05, 3.63) is 47.9 Å². The van der Waals surface area contributed by atoms with Crippen LogP contribution in [0.3, 0.4) is 0 Å². The van der Waals surface area contributed by atoms with Crippen molar-refractivity contribution in [2.24, 2.45) is 5.92 Å². The Hall–Kier alpha value is -3.35. The predicted octanol–water partition coefficient (Wildman–Crippen LogP) is 3.57. The van der Waals surface area contributed by atoms with Crippen molar-refractivity contribution in [3.8, 4) is 6.07 Å². The minimum absolute atomic E-state index is 0.00720. The van der Waals surface area contributed by atoms with Crippen LogP contribution in [0.25, 0.3) is 0 Å². The molecule has 0 unspecified atom stereocenters. The van der Waals surface area contributed by atoms with Crippen LogP contribution >= 0.6 is 0 Å². The van der Waals surface area contributed by atoms with Gasteiger partial charge in [0.05, 0.1) is 5.56 Å². The van der Waals surface area contributed by atoms with E-state index in [0.717, 1.165) is 12.1 Å². The van der Waals surface area contributed by atoms with E-state index in [4.69, 9.17) is 5.26 Å². The number of urea groups is 1. The normalized spacial score (nSPS) is 11.0. The molecule has 142 valence electrons. The van der Waals surface area contributed by atoms with E-state index < -0.39 is 17.8 Å². The summed E-state index contributed by atoms with van der Waals surface area (Å²) in [4.78, 5) is 20.0. The van der Waals surface area contributed by atoms with E-state index in [2.05, 4.69) is 20.7 Å². The topological polar surface area (TPSA) is 93.9 Å². The molecule has 7 nitrogen and oxygen atoms in total. The Morgan fingerprint density at radius 1 is 1.33 bits per heavy atom. The number of alkyl halides is 3. The van der Waals surface area contributed by atoms with Gasteiger partial charge in [-0.25, -0.2) is 15.2 Å². The molecule has 0 spiro atoms. The molecule has 0 aliphatic heterocycles. The summed E-state index contributed by atoms with van der Waals surface area (Å²) in [7, 11) is 0. The maximum Gasteiger partial charge on any atom is 0.416 e. The molecule has 0 saturated heterocycles. The summed E-state index contributed by atoms with van der Waals surface area (Å²) in [5.41, 5.74) is 1.65. The highest BCUT2D eigenvalue weighted by atomic mass is 19.4. The first-order chi connectivity index (χ1) is 12.7. The van der Waals surface area contributed by atoms with Crippen LogP contribution in [0.15, 0.2) is 36.5 Å². The van der Waals surface area contributed by atoms with Crippen LogP contribution in [-0.2, 0) is 6.18 Å². The van der Waals surface area contributed by atoms with Crippen molar-refractivity contribution in [2.75, 3.05) is 16.9 Å². The lowest BCUT2D eigenvalue weighted by Gasteiger charge is -2.26. The van der Waals surface area contributed by atoms with Crippen molar-refractivity contribution in [2.45, 2.75) is 20.0 Å². The number of hydrazine groups is 1. The molecule has 2 aromatic rings. The monoisotopic (exact) mass is 378 g/mol. The molecule has 0 atom stereocenters. The van der Waals surface area contributed by atoms with Gasteiger partial charge in [0, 0.05) is 24.5 Å². The van der Waals surface area contributed by atoms with E-state index in [-0.39, 0.29) is 23.2 Å². The minimum Gasteiger partial charge on any atom is -0.307 e. The lowest BCUT2D eigenvalue weighted by Crippen LogP contribution is -2.47. The zero-order chi connectivity index (χ0) is 20.0. The molecule has 0 fully saturated rings. The molecular weight excluding hydrogens is 361 g/mol. The zero-order valence-electron chi connectivity index (χ0n) is 14.6. The lowest BCUT2D eigenvalue weighted by molar-refractivity contribution is -0.137. The van der Waals surface area contributed by atoms with Gasteiger partial charge in [-0.3, -0.25) is 5.01 Å². The largest absolute Gasteiger partial charge is 0.416 e. The van der Waals surface area contributed by atoms with Crippen LogP contribution in [0.5, 0.6) is 0 Å². The highest BCUT2D eigenvalue weighted by molar-refractivity contribution is 5.90. The standard InChI is InChI=1S/C17H17F3N6O/c1-11(2)10-26(15-6-7-22-14(9-21)24-15)25-16(27)23-13-5-3-4-12(8-13)17(18,19)20/h3-8,11H,10H2,1-2H3,(H2,23,25,27). The maximum absolute atomic E-state index is 12.8. The molecule has 27 heavy (non-hydrogen) atoms. The number of amides is 2. The van der Waals surface area contributed by atoms with Gasteiger partial charge in [-0.1, -0.05) is 19.9 Å². The number of nitriles is 1. The lowest BCUT2D eigenvalue weighted by atomic mass is 10.2. The third-order valence-electron chi connectivity index (χ3n) is 3.25. The van der Waals surface area contributed by atoms with Gasteiger partial charge in [-0.15, -0.1) is 0 Å². The zero-order valence-corrected chi connectivity index (χ0v) is 14.6. The average molecular weight is 378 g/mol. The number of benzene rings is 1. The Morgan fingerprint density at radius 2 is 2.07 bits per heavy atom. The number of carbonyl (C=O) groups is 1. The fraction of sp³-hybridized carbons (Fsp3) is 0.294. The molecule has 0 aliphatic rings. The van der Waals surface area contributed by atoms with Gasteiger partial charge in [0.1, 0.15) is 6.07 Å². The third-order valence-corrected chi connectivity index (χ3v) is 3.25. The number of rotatable bonds is 5. The van der Waals surface area contributed by atoms with Gasteiger partial charge in [-0.2, -0.15) is 23.4 Å². The van der Waals surface area contributed by atoms with Crippen LogP contribution in [0.1, 0.15) is 25.2 Å². The third kappa shape index (κ3) is 5.85. The molecule has 1 aromatic heterocycles. The second-order valence-electron chi connectivity index (χ2n) is 6.00. The summed E-state index contributed by atoms with van der Waals surface area (Å²) < 4.78 is 38.3. The van der Waals surface area contributed by atoms with Crippen molar-refractivity contribution < 1.29 is 18.0 Å². The Balaban J connectivity index is 2.15. The molecular formula is C17H17F3N6O. The SMILES string of the molecule is CC(C)CN(NC(=O)Nc1cccc(C(F)(F)F)c1)c1ccnc(C#N)n1. The summed E-state index contributed by atoms with van der Waals surface area (Å²) in [6.07, 6.45) is -3.13. The first kappa shape index (κ1) is 20.0. The van der Waals surface area contributed by atoms with Crippen LogP contribution in [0.4, 0.5) is 29.5 Å². The van der Waals surface area contributed by atoms with Crippen molar-refractivity contribution in [3.63, 3.8) is 0 Å². The van der Waals surface area contributed by atoms with Gasteiger partial charge in [-0.05, 0) is 24.1 Å². The minimum atomic E-state index is -4.51. The van der Waals surface area contributed by atoms with Crippen LogP contribution in [0, 0.1) is 17.2 Å². The van der Waals surface area contributed by atoms with E-state index in [1.54, 1.807) is 6.07 Å². The molecule has 0 bridgehead atoms. The fourth-order valence-corrected chi connectivity index (χ4v) is 2.17. The first-order valence-corrected chi connectivity index (χ1v) is 7.94. The Morgan fingerprint density at radius 3 is 2.70 bits per heavy atom. The smallest absolute Gasteiger partial charge is 0.307 e. The second-order valence-corrected chi connectivity index (χ2v) is 6.00. The van der Waals surface area contributed by atoms with Gasteiger partial charge in [0.25, 0.3) is 0 Å². The number of nitrogens with one attached hydrogen (secondary N) is 2. The van der Waals surface area contributed by atoms with Crippen LogP contribution in [-0.4, -0.2) is 22.5 Å². The summed E-state index contributed by atoms with van der Waals surface area (Å²) in [5.74, 6) is 0.343. The van der Waals surface area contributed by atoms with Gasteiger partial charge < -0.3 is 5.32 Å². The number of anilines is 2. The molecule has 2 N–H and O–H groups in total. The van der Waals surface area contributed by atoms with E-state index in [9.17, 15) is 18.0 Å². The Kier molecular flexibility index (Phi) is 6.18. The highest BCUT2D eigenvalue weighted by Crippen LogP contribution is 2.30. The molecule has 0 radical (unpaired) electrons. The summed E-state index contributed by atoms with van der Waals surface area (Å²) in [6, 6.07) is 6.87. The van der Waals surface area contributed by atoms with E-state index in [1.807, 2.05) is 13.8 Å². The first-order valence-electron chi connectivity index (χ1n) is 7.94. The van der Waals surface area contributed by atoms with E-state index in [0.29, 0.717) is 6.54 Å². The van der Waals surface area contributed by atoms with Crippen molar-refractivity contribution in [1.82, 2.24) is 15.4 Å². The number of carbonyl (C=O) groups excluding carboxylic acids is 1. The number of hydrogen-bond donors (Lipinski definition) is 2. The van der Waals surface area contributed by atoms with Crippen LogP contribution in [0.2, 0.25) is 0 Å². The summed E-state index contributed by atoms with van der Waals surface area (Å²) in [5, 5.41) is 12.7. The number of nitrogens with zero attached hydrogens (tertiary/aromatic N) is 4. The highest BCUT2D eigenvalue weighted by Gasteiger charge is 2.30. The Labute approximate surface area is 153 Å². The predicted molar refractivity (Wildman–Crippen MR) is 92.5 cm³/mol. The number of hydrogen-bond acceptors (Lipinski definition) is 5. The van der Waals surface area contributed by atoms with Gasteiger partial charge in [0.15, 0.2) is 5.82 Å². The van der Waals surface area contributed by atoms with Gasteiger partial charge in [0.2, 0.25) is 5.82 Å². The Bertz CT molecular complexity index is 847. The average Bonchev–Trinajstić information content (AvgIpc) is 2.60. The maximum atomic E-state index is 12.8. The van der Waals surface area contributed by atoms with Gasteiger partial charge >= 0.3 is 12.2 Å². The van der Waals surface area contributed by atoms with Crippen molar-refractivity contribution in [1.29, 1.82) is 5.26 Å². The van der Waals surface area contributed by atoms with E-state index >= 15 is 0 Å². The van der Waals surface area contributed by atoms with E-state index in [1.165, 1.54) is 29.4 Å². The molecule has 1 heterocycles. The molecule has 2 amide bonds. The number of aromatic nitrogens is 2. The molecule has 2 rings (SSSR count). The molecule has 0 aliphatic carbocycles. The quantitative estimate of drug-likeness (QED) is 0.776. The fourth-order valence-electron chi connectivity index (χ4n) is 2.17. The molecule has 10 heteroatoms. The second kappa shape index (κ2) is 8.35. The molecule has 1 aromatic carbocycles.